The summed E-state index contributed by atoms with van der Waals surface area (Å²) in [5.74, 6) is -0.512. The number of carbonyl (C=O) groups excluding carboxylic acids is 1. The molecular formula is C11H6Cl2INO2S. The van der Waals surface area contributed by atoms with Crippen LogP contribution in [0.2, 0.25) is 10.0 Å². The van der Waals surface area contributed by atoms with Crippen molar-refractivity contribution in [3.05, 3.63) is 42.1 Å². The van der Waals surface area contributed by atoms with E-state index in [2.05, 4.69) is 27.9 Å². The predicted molar refractivity (Wildman–Crippen MR) is 83.1 cm³/mol. The van der Waals surface area contributed by atoms with Gasteiger partial charge in [-0.2, -0.15) is 0 Å². The predicted octanol–water partition coefficient (Wildman–Crippen LogP) is 4.62. The molecule has 0 unspecified atom stereocenters. The van der Waals surface area contributed by atoms with Crippen LogP contribution in [0.1, 0.15) is 10.4 Å². The molecule has 0 fully saturated rings. The number of thiophene rings is 1. The van der Waals surface area contributed by atoms with Crippen LogP contribution < -0.4 is 5.32 Å². The van der Waals surface area contributed by atoms with E-state index in [1.165, 1.54) is 23.5 Å². The van der Waals surface area contributed by atoms with Gasteiger partial charge in [0.15, 0.2) is 5.75 Å². The van der Waals surface area contributed by atoms with Crippen molar-refractivity contribution in [3.8, 4) is 5.75 Å². The second-order valence-corrected chi connectivity index (χ2v) is 7.03. The Morgan fingerprint density at radius 1 is 1.33 bits per heavy atom. The van der Waals surface area contributed by atoms with E-state index in [0.717, 1.165) is 2.88 Å². The maximum Gasteiger partial charge on any atom is 0.256 e. The zero-order valence-electron chi connectivity index (χ0n) is 8.71. The highest BCUT2D eigenvalue weighted by atomic mass is 127. The molecule has 94 valence electrons. The molecule has 1 heterocycles. The maximum absolute atomic E-state index is 11.9. The maximum atomic E-state index is 11.9. The van der Waals surface area contributed by atoms with Crippen LogP contribution >= 0.6 is 57.1 Å². The molecular weight excluding hydrogens is 408 g/mol. The Labute approximate surface area is 131 Å². The average Bonchev–Trinajstić information content (AvgIpc) is 2.72. The van der Waals surface area contributed by atoms with Gasteiger partial charge in [-0.05, 0) is 40.8 Å². The topological polar surface area (TPSA) is 49.3 Å². The van der Waals surface area contributed by atoms with E-state index >= 15 is 0 Å². The van der Waals surface area contributed by atoms with Gasteiger partial charge in [0.2, 0.25) is 0 Å². The molecule has 18 heavy (non-hydrogen) atoms. The van der Waals surface area contributed by atoms with Gasteiger partial charge in [-0.1, -0.05) is 23.2 Å². The average molecular weight is 414 g/mol. The summed E-state index contributed by atoms with van der Waals surface area (Å²) in [7, 11) is 0. The molecule has 1 aromatic carbocycles. The molecule has 2 N–H and O–H groups in total. The third-order valence-corrected chi connectivity index (χ3v) is 4.40. The summed E-state index contributed by atoms with van der Waals surface area (Å²) in [6.07, 6.45) is 0. The summed E-state index contributed by atoms with van der Waals surface area (Å²) in [6.45, 7) is 0. The molecule has 0 radical (unpaired) electrons. The van der Waals surface area contributed by atoms with Gasteiger partial charge in [0, 0.05) is 10.4 Å². The zero-order valence-corrected chi connectivity index (χ0v) is 13.2. The lowest BCUT2D eigenvalue weighted by Gasteiger charge is -2.08. The van der Waals surface area contributed by atoms with Crippen molar-refractivity contribution in [1.29, 1.82) is 0 Å². The van der Waals surface area contributed by atoms with Crippen LogP contribution in [0.4, 0.5) is 5.69 Å². The SMILES string of the molecule is O=C(Nc1cc(Cl)cc(Cl)c1O)c1csc(I)c1. The van der Waals surface area contributed by atoms with Gasteiger partial charge in [-0.25, -0.2) is 0 Å². The van der Waals surface area contributed by atoms with Crippen molar-refractivity contribution in [2.75, 3.05) is 5.32 Å². The van der Waals surface area contributed by atoms with Crippen LogP contribution in [0.15, 0.2) is 23.6 Å². The van der Waals surface area contributed by atoms with Crippen LogP contribution in [0, 0.1) is 2.88 Å². The van der Waals surface area contributed by atoms with Crippen LogP contribution in [-0.4, -0.2) is 11.0 Å². The Hall–Kier alpha value is -0.500. The number of halogens is 3. The molecule has 0 aliphatic rings. The molecule has 2 aromatic rings. The molecule has 2 rings (SSSR count). The van der Waals surface area contributed by atoms with Crippen molar-refractivity contribution >= 4 is 68.7 Å². The number of nitrogens with one attached hydrogen (secondary N) is 1. The lowest BCUT2D eigenvalue weighted by Crippen LogP contribution is -2.11. The van der Waals surface area contributed by atoms with Crippen molar-refractivity contribution < 1.29 is 9.90 Å². The molecule has 0 atom stereocenters. The number of phenolic OH excluding ortho intramolecular Hbond substituents is 1. The number of benzene rings is 1. The molecule has 7 heteroatoms. The molecule has 0 aliphatic heterocycles. The number of anilines is 1. The zero-order chi connectivity index (χ0) is 13.3. The Kier molecular flexibility index (Phi) is 4.37. The van der Waals surface area contributed by atoms with Crippen molar-refractivity contribution in [3.63, 3.8) is 0 Å². The van der Waals surface area contributed by atoms with Gasteiger partial charge in [0.1, 0.15) is 0 Å². The number of aromatic hydroxyl groups is 1. The Morgan fingerprint density at radius 3 is 2.67 bits per heavy atom. The quantitative estimate of drug-likeness (QED) is 0.557. The van der Waals surface area contributed by atoms with E-state index in [-0.39, 0.29) is 22.4 Å². The van der Waals surface area contributed by atoms with E-state index in [0.29, 0.717) is 10.6 Å². The highest BCUT2D eigenvalue weighted by Crippen LogP contribution is 2.35. The molecule has 1 amide bonds. The number of hydrogen-bond acceptors (Lipinski definition) is 3. The fourth-order valence-corrected chi connectivity index (χ4v) is 3.10. The molecule has 0 saturated carbocycles. The van der Waals surface area contributed by atoms with Gasteiger partial charge < -0.3 is 10.4 Å². The lowest BCUT2D eigenvalue weighted by atomic mass is 10.2. The number of phenols is 1. The van der Waals surface area contributed by atoms with Crippen molar-refractivity contribution in [2.24, 2.45) is 0 Å². The molecule has 0 bridgehead atoms. The standard InChI is InChI=1S/C11H6Cl2INO2S/c12-6-2-7(13)10(16)8(3-6)15-11(17)5-1-9(14)18-4-5/h1-4,16H,(H,15,17). The Bertz CT molecular complexity index is 615. The summed E-state index contributed by atoms with van der Waals surface area (Å²) in [4.78, 5) is 11.9. The summed E-state index contributed by atoms with van der Waals surface area (Å²) in [6, 6.07) is 4.60. The van der Waals surface area contributed by atoms with E-state index in [9.17, 15) is 9.90 Å². The number of hydrogen-bond donors (Lipinski definition) is 2. The minimum absolute atomic E-state index is 0.0951. The molecule has 0 spiro atoms. The minimum atomic E-state index is -0.317. The van der Waals surface area contributed by atoms with Gasteiger partial charge in [-0.15, -0.1) is 11.3 Å². The Morgan fingerprint density at radius 2 is 2.06 bits per heavy atom. The first kappa shape index (κ1) is 13.9. The smallest absolute Gasteiger partial charge is 0.256 e. The second-order valence-electron chi connectivity index (χ2n) is 3.38. The monoisotopic (exact) mass is 413 g/mol. The van der Waals surface area contributed by atoms with E-state index in [1.807, 2.05) is 0 Å². The van der Waals surface area contributed by atoms with Crippen LogP contribution in [0.25, 0.3) is 0 Å². The van der Waals surface area contributed by atoms with Crippen molar-refractivity contribution in [2.45, 2.75) is 0 Å². The summed E-state index contributed by atoms with van der Waals surface area (Å²) < 4.78 is 1.01. The van der Waals surface area contributed by atoms with E-state index in [4.69, 9.17) is 23.2 Å². The van der Waals surface area contributed by atoms with Crippen LogP contribution in [0.5, 0.6) is 5.75 Å². The molecule has 0 saturated heterocycles. The fraction of sp³-hybridized carbons (Fsp3) is 0. The first-order valence-corrected chi connectivity index (χ1v) is 7.42. The molecule has 3 nitrogen and oxygen atoms in total. The van der Waals surface area contributed by atoms with Gasteiger partial charge in [0.05, 0.1) is 19.2 Å². The lowest BCUT2D eigenvalue weighted by molar-refractivity contribution is 0.102. The number of rotatable bonds is 2. The van der Waals surface area contributed by atoms with Crippen LogP contribution in [0.3, 0.4) is 0 Å². The highest BCUT2D eigenvalue weighted by Gasteiger charge is 2.13. The van der Waals surface area contributed by atoms with Gasteiger partial charge in [-0.3, -0.25) is 4.79 Å². The minimum Gasteiger partial charge on any atom is -0.504 e. The van der Waals surface area contributed by atoms with E-state index < -0.39 is 0 Å². The highest BCUT2D eigenvalue weighted by molar-refractivity contribution is 14.1. The normalized spacial score (nSPS) is 10.4. The largest absolute Gasteiger partial charge is 0.504 e. The van der Waals surface area contributed by atoms with Crippen LogP contribution in [-0.2, 0) is 0 Å². The summed E-state index contributed by atoms with van der Waals surface area (Å²) >= 11 is 15.2. The molecule has 1 aromatic heterocycles. The van der Waals surface area contributed by atoms with Crippen molar-refractivity contribution in [1.82, 2.24) is 0 Å². The fourth-order valence-electron chi connectivity index (χ4n) is 1.28. The first-order chi connectivity index (χ1) is 8.47. The molecule has 0 aliphatic carbocycles. The van der Waals surface area contributed by atoms with E-state index in [1.54, 1.807) is 11.4 Å². The third-order valence-electron chi connectivity index (χ3n) is 2.11. The third kappa shape index (κ3) is 3.09. The summed E-state index contributed by atoms with van der Waals surface area (Å²) in [5, 5.41) is 14.5. The number of carbonyl (C=O) groups is 1. The number of amides is 1. The summed E-state index contributed by atoms with van der Waals surface area (Å²) in [5.41, 5.74) is 0.721. The second kappa shape index (κ2) is 5.64. The first-order valence-electron chi connectivity index (χ1n) is 4.71. The van der Waals surface area contributed by atoms with Gasteiger partial charge >= 0.3 is 0 Å². The Balaban J connectivity index is 2.27. The van der Waals surface area contributed by atoms with Gasteiger partial charge in [0.25, 0.3) is 5.91 Å².